The summed E-state index contributed by atoms with van der Waals surface area (Å²) in [5.41, 5.74) is 4.92. The Morgan fingerprint density at radius 2 is 1.67 bits per heavy atom. The number of hydrogen-bond donors (Lipinski definition) is 1. The summed E-state index contributed by atoms with van der Waals surface area (Å²) in [6.45, 7) is 0.634. The maximum Gasteiger partial charge on any atom is 0 e. The Morgan fingerprint density at radius 3 is 1.67 bits per heavy atom. The van der Waals surface area contributed by atoms with E-state index >= 15 is 0 Å². The van der Waals surface area contributed by atoms with Gasteiger partial charge in [0.1, 0.15) is 0 Å². The van der Waals surface area contributed by atoms with Gasteiger partial charge in [0.15, 0.2) is 0 Å². The summed E-state index contributed by atoms with van der Waals surface area (Å²) in [7, 11) is 0. The minimum atomic E-state index is 0. The second-order valence-electron chi connectivity index (χ2n) is 0.493. The van der Waals surface area contributed by atoms with E-state index in [1.54, 1.807) is 0 Å². The summed E-state index contributed by atoms with van der Waals surface area (Å²) in [6.07, 6.45) is 0. The van der Waals surface area contributed by atoms with Gasteiger partial charge in [-0.3, -0.25) is 0 Å². The second-order valence-corrected chi connectivity index (χ2v) is 0.901. The molecule has 0 rings (SSSR count). The molecule has 0 atom stereocenters. The van der Waals surface area contributed by atoms with E-state index in [0.717, 1.165) is 0 Å². The third-order valence-corrected chi connectivity index (χ3v) is 0.354. The summed E-state index contributed by atoms with van der Waals surface area (Å²) in [5, 5.41) is 0. The summed E-state index contributed by atoms with van der Waals surface area (Å²) in [6, 6.07) is 0. The Bertz CT molecular complexity index is 12.8. The second kappa shape index (κ2) is 16.1. The van der Waals surface area contributed by atoms with Crippen molar-refractivity contribution in [3.63, 3.8) is 0 Å². The van der Waals surface area contributed by atoms with Gasteiger partial charge in [0, 0.05) is 32.7 Å². The third kappa shape index (κ3) is 18.1. The Kier molecular flexibility index (Phi) is 42.1. The molecule has 6 heavy (non-hydrogen) atoms. The molecule has 0 bridgehead atoms. The van der Waals surface area contributed by atoms with Crippen LogP contribution < -0.4 is 5.73 Å². The molecule has 1 radical (unpaired) electrons. The molecule has 0 aromatic carbocycles. The SMILES string of the molecule is NCC[S-].[CH3-].[Y]. The van der Waals surface area contributed by atoms with Crippen LogP contribution in [0.5, 0.6) is 0 Å². The van der Waals surface area contributed by atoms with Crippen LogP contribution in [0.4, 0.5) is 0 Å². The molecule has 0 aliphatic carbocycles. The van der Waals surface area contributed by atoms with Crippen molar-refractivity contribution in [2.75, 3.05) is 12.3 Å². The number of nitrogens with two attached hydrogens (primary N) is 1. The summed E-state index contributed by atoms with van der Waals surface area (Å²) < 4.78 is 0. The maximum absolute atomic E-state index is 4.92. The Labute approximate surface area is 70.4 Å². The van der Waals surface area contributed by atoms with E-state index in [4.69, 9.17) is 5.73 Å². The molecular weight excluding hydrogens is 171 g/mol. The summed E-state index contributed by atoms with van der Waals surface area (Å²) in [5.74, 6) is 0.681. The summed E-state index contributed by atoms with van der Waals surface area (Å²) >= 11 is 4.43. The Morgan fingerprint density at radius 1 is 1.50 bits per heavy atom. The van der Waals surface area contributed by atoms with Crippen LogP contribution in [0.25, 0.3) is 0 Å². The van der Waals surface area contributed by atoms with Crippen LogP contribution in [0.15, 0.2) is 0 Å². The van der Waals surface area contributed by atoms with Crippen LogP contribution in [-0.4, -0.2) is 12.3 Å². The first kappa shape index (κ1) is 15.7. The topological polar surface area (TPSA) is 26.0 Å². The fourth-order valence-electron chi connectivity index (χ4n) is 0. The van der Waals surface area contributed by atoms with Crippen molar-refractivity contribution in [1.29, 1.82) is 0 Å². The van der Waals surface area contributed by atoms with Crippen LogP contribution in [0, 0.1) is 7.43 Å². The Hall–Kier alpha value is 1.41. The van der Waals surface area contributed by atoms with Gasteiger partial charge in [-0.1, -0.05) is 0 Å². The molecule has 0 heterocycles. The third-order valence-electron chi connectivity index (χ3n) is 0.118. The number of rotatable bonds is 1. The monoisotopic (exact) mass is 180 g/mol. The van der Waals surface area contributed by atoms with E-state index in [-0.39, 0.29) is 40.1 Å². The fraction of sp³-hybridized carbons (Fsp3) is 0.667. The van der Waals surface area contributed by atoms with Gasteiger partial charge in [0.25, 0.3) is 0 Å². The van der Waals surface area contributed by atoms with Crippen molar-refractivity contribution in [2.24, 2.45) is 5.73 Å². The molecule has 0 aromatic heterocycles. The predicted octanol–water partition coefficient (Wildman–Crippen LogP) is -0.0602. The van der Waals surface area contributed by atoms with E-state index in [0.29, 0.717) is 12.3 Å². The average molecular weight is 180 g/mol. The van der Waals surface area contributed by atoms with Gasteiger partial charge in [-0.05, 0) is 6.54 Å². The summed E-state index contributed by atoms with van der Waals surface area (Å²) in [4.78, 5) is 0. The molecule has 37 valence electrons. The quantitative estimate of drug-likeness (QED) is 0.452. The van der Waals surface area contributed by atoms with Crippen molar-refractivity contribution in [2.45, 2.75) is 0 Å². The van der Waals surface area contributed by atoms with Gasteiger partial charge in [0.05, 0.1) is 0 Å². The minimum absolute atomic E-state index is 0. The van der Waals surface area contributed by atoms with Crippen LogP contribution in [-0.2, 0) is 45.3 Å². The molecule has 3 heteroatoms. The average Bonchev–Trinajstić information content (AvgIpc) is 1.37. The van der Waals surface area contributed by atoms with Crippen LogP contribution >= 0.6 is 0 Å². The standard InChI is InChI=1S/C2H7NS.CH3.Y/c3-1-2-4;;/h4H,1-3H2;1H3;/q;-1;/p-1. The molecule has 0 fully saturated rings. The molecule has 0 saturated heterocycles. The zero-order chi connectivity index (χ0) is 3.41. The molecule has 0 unspecified atom stereocenters. The van der Waals surface area contributed by atoms with Gasteiger partial charge in [-0.25, -0.2) is 0 Å². The van der Waals surface area contributed by atoms with Gasteiger partial charge in [-0.15, -0.1) is 0 Å². The smallest absolute Gasteiger partial charge is 0 e. The van der Waals surface area contributed by atoms with Gasteiger partial charge >= 0.3 is 0 Å². The van der Waals surface area contributed by atoms with E-state index in [1.807, 2.05) is 0 Å². The van der Waals surface area contributed by atoms with Gasteiger partial charge in [0.2, 0.25) is 0 Å². The van der Waals surface area contributed by atoms with Crippen molar-refractivity contribution >= 4 is 12.6 Å². The van der Waals surface area contributed by atoms with Crippen molar-refractivity contribution < 1.29 is 32.7 Å². The minimum Gasteiger partial charge on any atom is -0.791 e. The van der Waals surface area contributed by atoms with E-state index in [2.05, 4.69) is 12.6 Å². The Balaban J connectivity index is -0.0000000450. The van der Waals surface area contributed by atoms with Gasteiger partial charge < -0.3 is 25.8 Å². The van der Waals surface area contributed by atoms with E-state index in [1.165, 1.54) is 0 Å². The van der Waals surface area contributed by atoms with Gasteiger partial charge in [-0.2, -0.15) is 5.75 Å². The maximum atomic E-state index is 4.92. The molecule has 0 amide bonds. The van der Waals surface area contributed by atoms with Crippen LogP contribution in [0.2, 0.25) is 0 Å². The zero-order valence-electron chi connectivity index (χ0n) is 3.98. The largest absolute Gasteiger partial charge is 0.791 e. The molecular formula is C3H9NSY-2. The normalized spacial score (nSPS) is 5.00. The first-order valence-electron chi connectivity index (χ1n) is 1.20. The zero-order valence-corrected chi connectivity index (χ0v) is 7.63. The van der Waals surface area contributed by atoms with Crippen molar-refractivity contribution in [3.8, 4) is 0 Å². The molecule has 1 nitrogen and oxygen atoms in total. The predicted molar refractivity (Wildman–Crippen MR) is 27.7 cm³/mol. The molecule has 2 N–H and O–H groups in total. The molecule has 0 spiro atoms. The van der Waals surface area contributed by atoms with E-state index in [9.17, 15) is 0 Å². The molecule has 0 aliphatic rings. The van der Waals surface area contributed by atoms with E-state index < -0.39 is 0 Å². The van der Waals surface area contributed by atoms with Crippen LogP contribution in [0.3, 0.4) is 0 Å². The molecule has 0 aromatic rings. The first-order chi connectivity index (χ1) is 1.91. The van der Waals surface area contributed by atoms with Crippen molar-refractivity contribution in [3.05, 3.63) is 7.43 Å². The fourth-order valence-corrected chi connectivity index (χ4v) is 0. The molecule has 0 aliphatic heterocycles. The first-order valence-corrected chi connectivity index (χ1v) is 1.77. The molecule has 0 saturated carbocycles. The van der Waals surface area contributed by atoms with Crippen LogP contribution in [0.1, 0.15) is 0 Å². The number of hydrogen-bond acceptors (Lipinski definition) is 2. The van der Waals surface area contributed by atoms with Crippen molar-refractivity contribution in [1.82, 2.24) is 0 Å².